The Hall–Kier alpha value is 0.960. The highest BCUT2D eigenvalue weighted by atomic mass is 79.9. The van der Waals surface area contributed by atoms with Gasteiger partial charge in [-0.1, -0.05) is 52.6 Å². The van der Waals surface area contributed by atoms with Crippen molar-refractivity contribution in [2.45, 2.75) is 24.5 Å². The van der Waals surface area contributed by atoms with Crippen LogP contribution in [0.1, 0.15) is 20.8 Å². The van der Waals surface area contributed by atoms with Crippen LogP contribution in [0.4, 0.5) is 0 Å². The van der Waals surface area contributed by atoms with Crippen LogP contribution in [0, 0.1) is 5.41 Å². The lowest BCUT2D eigenvalue weighted by Crippen LogP contribution is -2.12. The molecular formula is C5H10Br2. The first-order valence-electron chi connectivity index (χ1n) is 2.23. The van der Waals surface area contributed by atoms with Gasteiger partial charge in [0.2, 0.25) is 0 Å². The van der Waals surface area contributed by atoms with E-state index >= 15 is 0 Å². The molecule has 0 unspecified atom stereocenters. The molecule has 0 aliphatic rings. The molecule has 0 amide bonds. The summed E-state index contributed by atoms with van der Waals surface area (Å²) < 4.78 is 0.424. The van der Waals surface area contributed by atoms with E-state index in [1.807, 2.05) is 0 Å². The van der Waals surface area contributed by atoms with Crippen molar-refractivity contribution in [1.82, 2.24) is 0 Å². The van der Waals surface area contributed by atoms with Crippen LogP contribution in [0.15, 0.2) is 0 Å². The zero-order valence-corrected chi connectivity index (χ0v) is 8.01. The molecule has 2 heteroatoms. The van der Waals surface area contributed by atoms with E-state index < -0.39 is 0 Å². The second-order valence-corrected chi connectivity index (χ2v) is 5.73. The van der Waals surface area contributed by atoms with E-state index in [0.717, 1.165) is 0 Å². The summed E-state index contributed by atoms with van der Waals surface area (Å²) in [4.78, 5) is 0. The summed E-state index contributed by atoms with van der Waals surface area (Å²) in [7, 11) is 0. The smallest absolute Gasteiger partial charge is 0.0746 e. The molecule has 0 radical (unpaired) electrons. The van der Waals surface area contributed by atoms with E-state index in [4.69, 9.17) is 0 Å². The molecule has 0 aromatic rings. The third-order valence-corrected chi connectivity index (χ3v) is 3.40. The molecule has 0 atom stereocenters. The predicted octanol–water partition coefficient (Wildman–Crippen LogP) is 3.15. The van der Waals surface area contributed by atoms with Gasteiger partial charge in [-0.05, 0) is 5.41 Å². The fourth-order valence-corrected chi connectivity index (χ4v) is 0. The van der Waals surface area contributed by atoms with Gasteiger partial charge in [0.15, 0.2) is 0 Å². The second kappa shape index (κ2) is 2.49. The number of hydrogen-bond donors (Lipinski definition) is 0. The lowest BCUT2D eigenvalue weighted by molar-refractivity contribution is 0.468. The largest absolute Gasteiger partial charge is 0.0759 e. The lowest BCUT2D eigenvalue weighted by atomic mass is 10.0. The summed E-state index contributed by atoms with van der Waals surface area (Å²) in [6, 6.07) is 0. The van der Waals surface area contributed by atoms with Crippen LogP contribution in [0.3, 0.4) is 0 Å². The van der Waals surface area contributed by atoms with Crippen LogP contribution in [0.2, 0.25) is 0 Å². The van der Waals surface area contributed by atoms with Gasteiger partial charge >= 0.3 is 0 Å². The molecule has 0 bridgehead atoms. The van der Waals surface area contributed by atoms with Crippen LogP contribution < -0.4 is 0 Å². The summed E-state index contributed by atoms with van der Waals surface area (Å²) in [5.41, 5.74) is 0.333. The Labute approximate surface area is 61.9 Å². The van der Waals surface area contributed by atoms with Gasteiger partial charge in [0.1, 0.15) is 0 Å². The summed E-state index contributed by atoms with van der Waals surface area (Å²) in [5.74, 6) is 0. The van der Waals surface area contributed by atoms with Crippen molar-refractivity contribution in [2.24, 2.45) is 5.41 Å². The highest BCUT2D eigenvalue weighted by molar-refractivity contribution is 9.24. The SMILES string of the molecule is CC(C)(C)C(Br)Br. The summed E-state index contributed by atoms with van der Waals surface area (Å²) in [6.45, 7) is 6.50. The van der Waals surface area contributed by atoms with Gasteiger partial charge in [-0.3, -0.25) is 0 Å². The molecule has 0 aliphatic heterocycles. The average molecular weight is 230 g/mol. The Morgan fingerprint density at radius 1 is 1.14 bits per heavy atom. The third-order valence-electron chi connectivity index (χ3n) is 0.655. The highest BCUT2D eigenvalue weighted by Crippen LogP contribution is 2.30. The summed E-state index contributed by atoms with van der Waals surface area (Å²) >= 11 is 6.82. The molecule has 7 heavy (non-hydrogen) atoms. The molecule has 0 N–H and O–H groups in total. The van der Waals surface area contributed by atoms with E-state index in [1.54, 1.807) is 0 Å². The summed E-state index contributed by atoms with van der Waals surface area (Å²) in [5, 5.41) is 0. The Morgan fingerprint density at radius 2 is 1.29 bits per heavy atom. The molecule has 0 saturated carbocycles. The zero-order valence-electron chi connectivity index (χ0n) is 4.83. The number of alkyl halides is 2. The fraction of sp³-hybridized carbons (Fsp3) is 1.00. The average Bonchev–Trinajstić information content (AvgIpc) is 1.31. The maximum absolute atomic E-state index is 3.41. The van der Waals surface area contributed by atoms with Gasteiger partial charge in [0.25, 0.3) is 0 Å². The molecule has 0 aliphatic carbocycles. The first-order valence-corrected chi connectivity index (χ1v) is 4.06. The minimum absolute atomic E-state index is 0.333. The van der Waals surface area contributed by atoms with Crippen LogP contribution in [-0.2, 0) is 0 Å². The first-order chi connectivity index (χ1) is 2.94. The maximum atomic E-state index is 3.41. The molecule has 0 heterocycles. The second-order valence-electron chi connectivity index (χ2n) is 2.67. The number of hydrogen-bond acceptors (Lipinski definition) is 0. The Morgan fingerprint density at radius 3 is 1.29 bits per heavy atom. The molecule has 0 nitrogen and oxygen atoms in total. The Balaban J connectivity index is 3.54. The summed E-state index contributed by atoms with van der Waals surface area (Å²) in [6.07, 6.45) is 0. The van der Waals surface area contributed by atoms with E-state index in [1.165, 1.54) is 0 Å². The topological polar surface area (TPSA) is 0 Å². The van der Waals surface area contributed by atoms with Crippen molar-refractivity contribution < 1.29 is 0 Å². The van der Waals surface area contributed by atoms with Gasteiger partial charge in [-0.15, -0.1) is 0 Å². The van der Waals surface area contributed by atoms with E-state index in [0.29, 0.717) is 9.15 Å². The van der Waals surface area contributed by atoms with Gasteiger partial charge in [-0.2, -0.15) is 0 Å². The highest BCUT2D eigenvalue weighted by Gasteiger charge is 2.17. The Bertz CT molecular complexity index is 51.6. The van der Waals surface area contributed by atoms with Crippen LogP contribution in [-0.4, -0.2) is 3.74 Å². The van der Waals surface area contributed by atoms with E-state index in [2.05, 4.69) is 52.6 Å². The zero-order chi connectivity index (χ0) is 6.08. The van der Waals surface area contributed by atoms with Crippen molar-refractivity contribution in [3.63, 3.8) is 0 Å². The third kappa shape index (κ3) is 3.53. The van der Waals surface area contributed by atoms with Gasteiger partial charge in [-0.25, -0.2) is 0 Å². The van der Waals surface area contributed by atoms with Crippen molar-refractivity contribution in [1.29, 1.82) is 0 Å². The van der Waals surface area contributed by atoms with E-state index in [-0.39, 0.29) is 0 Å². The molecule has 0 aromatic carbocycles. The monoisotopic (exact) mass is 228 g/mol. The molecule has 0 aromatic heterocycles. The van der Waals surface area contributed by atoms with E-state index in [9.17, 15) is 0 Å². The molecule has 44 valence electrons. The minimum atomic E-state index is 0.333. The van der Waals surface area contributed by atoms with Crippen LogP contribution in [0.5, 0.6) is 0 Å². The predicted molar refractivity (Wildman–Crippen MR) is 41.1 cm³/mol. The normalized spacial score (nSPS) is 12.9. The van der Waals surface area contributed by atoms with Crippen LogP contribution >= 0.6 is 31.9 Å². The lowest BCUT2D eigenvalue weighted by Gasteiger charge is -2.19. The maximum Gasteiger partial charge on any atom is 0.0746 e. The van der Waals surface area contributed by atoms with Crippen LogP contribution in [0.25, 0.3) is 0 Å². The Kier molecular flexibility index (Phi) is 2.83. The number of rotatable bonds is 0. The standard InChI is InChI=1S/C5H10Br2/c1-5(2,3)4(6)7/h4H,1-3H3. The fourth-order valence-electron chi connectivity index (χ4n) is 0. The minimum Gasteiger partial charge on any atom is -0.0759 e. The molecule has 0 spiro atoms. The van der Waals surface area contributed by atoms with Gasteiger partial charge in [0, 0.05) is 0 Å². The number of halogens is 2. The molecule has 0 saturated heterocycles. The van der Waals surface area contributed by atoms with Crippen molar-refractivity contribution in [2.75, 3.05) is 0 Å². The first kappa shape index (κ1) is 7.96. The van der Waals surface area contributed by atoms with Crippen molar-refractivity contribution in [3.8, 4) is 0 Å². The van der Waals surface area contributed by atoms with Gasteiger partial charge < -0.3 is 0 Å². The molecule has 0 rings (SSSR count). The molecular weight excluding hydrogens is 220 g/mol. The van der Waals surface area contributed by atoms with Crippen molar-refractivity contribution >= 4 is 31.9 Å². The molecule has 0 fully saturated rings. The quantitative estimate of drug-likeness (QED) is 0.560. The van der Waals surface area contributed by atoms with Gasteiger partial charge in [0.05, 0.1) is 3.74 Å². The van der Waals surface area contributed by atoms with Crippen molar-refractivity contribution in [3.05, 3.63) is 0 Å².